The van der Waals surface area contributed by atoms with E-state index in [4.69, 9.17) is 9.47 Å². The number of hydrogen-bond donors (Lipinski definition) is 0. The molecule has 2 atom stereocenters. The standard InChI is InChI=1S/C13H18BrNO2/c1-9-5-13(6-10(2)17-9)16-8-12-4-3-11(14)7-15-12/h3-4,7,9-10,13H,5-6,8H2,1-2H3. The van der Waals surface area contributed by atoms with Crippen LogP contribution in [-0.4, -0.2) is 23.3 Å². The molecule has 1 aromatic heterocycles. The summed E-state index contributed by atoms with van der Waals surface area (Å²) in [6.07, 6.45) is 4.62. The van der Waals surface area contributed by atoms with E-state index in [0.29, 0.717) is 24.9 Å². The van der Waals surface area contributed by atoms with Crippen LogP contribution in [-0.2, 0) is 16.1 Å². The van der Waals surface area contributed by atoms with Gasteiger partial charge in [-0.1, -0.05) is 0 Å². The van der Waals surface area contributed by atoms with Gasteiger partial charge in [0.25, 0.3) is 0 Å². The monoisotopic (exact) mass is 299 g/mol. The fourth-order valence-electron chi connectivity index (χ4n) is 2.18. The molecule has 1 aromatic rings. The maximum absolute atomic E-state index is 5.89. The minimum atomic E-state index is 0.291. The molecule has 1 saturated heterocycles. The fourth-order valence-corrected chi connectivity index (χ4v) is 2.41. The molecule has 0 amide bonds. The lowest BCUT2D eigenvalue weighted by atomic mass is 10.0. The second-order valence-corrected chi connectivity index (χ2v) is 5.55. The third-order valence-electron chi connectivity index (χ3n) is 2.91. The van der Waals surface area contributed by atoms with Gasteiger partial charge in [0.2, 0.25) is 0 Å². The van der Waals surface area contributed by atoms with Gasteiger partial charge in [0.1, 0.15) is 0 Å². The Kier molecular flexibility index (Phi) is 4.54. The van der Waals surface area contributed by atoms with Crippen LogP contribution in [0.2, 0.25) is 0 Å². The molecule has 0 spiro atoms. The van der Waals surface area contributed by atoms with Crippen LogP contribution in [0.15, 0.2) is 22.8 Å². The number of aromatic nitrogens is 1. The normalized spacial score (nSPS) is 29.2. The molecule has 94 valence electrons. The molecule has 0 radical (unpaired) electrons. The summed E-state index contributed by atoms with van der Waals surface area (Å²) in [6.45, 7) is 4.78. The van der Waals surface area contributed by atoms with E-state index in [1.54, 1.807) is 6.20 Å². The maximum Gasteiger partial charge on any atom is 0.0891 e. The van der Waals surface area contributed by atoms with E-state index in [2.05, 4.69) is 34.8 Å². The molecule has 1 aliphatic rings. The SMILES string of the molecule is CC1CC(OCc2ccc(Br)cn2)CC(C)O1. The summed E-state index contributed by atoms with van der Waals surface area (Å²) in [4.78, 5) is 4.30. The lowest BCUT2D eigenvalue weighted by Gasteiger charge is -2.31. The van der Waals surface area contributed by atoms with Crippen LogP contribution in [0.3, 0.4) is 0 Å². The highest BCUT2D eigenvalue weighted by atomic mass is 79.9. The Labute approximate surface area is 111 Å². The highest BCUT2D eigenvalue weighted by Gasteiger charge is 2.24. The second-order valence-electron chi connectivity index (χ2n) is 4.63. The summed E-state index contributed by atoms with van der Waals surface area (Å²) < 4.78 is 12.6. The van der Waals surface area contributed by atoms with E-state index in [9.17, 15) is 0 Å². The van der Waals surface area contributed by atoms with Crippen molar-refractivity contribution in [1.29, 1.82) is 0 Å². The minimum Gasteiger partial charge on any atom is -0.375 e. The van der Waals surface area contributed by atoms with Crippen molar-refractivity contribution in [2.45, 2.75) is 51.6 Å². The van der Waals surface area contributed by atoms with Gasteiger partial charge in [0.15, 0.2) is 0 Å². The number of rotatable bonds is 3. The first kappa shape index (κ1) is 13.0. The largest absolute Gasteiger partial charge is 0.375 e. The molecule has 4 heteroatoms. The summed E-state index contributed by atoms with van der Waals surface area (Å²) in [7, 11) is 0. The number of ether oxygens (including phenoxy) is 2. The van der Waals surface area contributed by atoms with E-state index in [1.165, 1.54) is 0 Å². The molecule has 0 saturated carbocycles. The Morgan fingerprint density at radius 2 is 2.06 bits per heavy atom. The summed E-state index contributed by atoms with van der Waals surface area (Å²) in [6, 6.07) is 3.97. The number of pyridine rings is 1. The zero-order chi connectivity index (χ0) is 12.3. The highest BCUT2D eigenvalue weighted by Crippen LogP contribution is 2.22. The lowest BCUT2D eigenvalue weighted by Crippen LogP contribution is -2.34. The summed E-state index contributed by atoms with van der Waals surface area (Å²) in [5, 5.41) is 0. The molecule has 0 N–H and O–H groups in total. The van der Waals surface area contributed by atoms with E-state index >= 15 is 0 Å². The Hall–Kier alpha value is -0.450. The van der Waals surface area contributed by atoms with Gasteiger partial charge in [-0.2, -0.15) is 0 Å². The zero-order valence-electron chi connectivity index (χ0n) is 10.2. The average molecular weight is 300 g/mol. The summed E-state index contributed by atoms with van der Waals surface area (Å²) in [5.74, 6) is 0. The molecule has 2 unspecified atom stereocenters. The van der Waals surface area contributed by atoms with Crippen molar-refractivity contribution in [3.05, 3.63) is 28.5 Å². The van der Waals surface area contributed by atoms with Crippen molar-refractivity contribution in [3.8, 4) is 0 Å². The van der Waals surface area contributed by atoms with E-state index in [-0.39, 0.29) is 0 Å². The first-order valence-corrected chi connectivity index (χ1v) is 6.80. The van der Waals surface area contributed by atoms with Crippen molar-refractivity contribution in [1.82, 2.24) is 4.98 Å². The van der Waals surface area contributed by atoms with Crippen molar-refractivity contribution >= 4 is 15.9 Å². The van der Waals surface area contributed by atoms with Crippen molar-refractivity contribution in [2.24, 2.45) is 0 Å². The van der Waals surface area contributed by atoms with Crippen LogP contribution >= 0.6 is 15.9 Å². The molecular weight excluding hydrogens is 282 g/mol. The van der Waals surface area contributed by atoms with Gasteiger partial charge in [0.05, 0.1) is 30.6 Å². The van der Waals surface area contributed by atoms with E-state index in [1.807, 2.05) is 12.1 Å². The third-order valence-corrected chi connectivity index (χ3v) is 3.38. The molecule has 17 heavy (non-hydrogen) atoms. The second kappa shape index (κ2) is 5.94. The summed E-state index contributed by atoms with van der Waals surface area (Å²) >= 11 is 3.37. The number of hydrogen-bond acceptors (Lipinski definition) is 3. The van der Waals surface area contributed by atoms with E-state index < -0.39 is 0 Å². The van der Waals surface area contributed by atoms with Crippen molar-refractivity contribution in [2.75, 3.05) is 0 Å². The molecule has 3 nitrogen and oxygen atoms in total. The lowest BCUT2D eigenvalue weighted by molar-refractivity contribution is -0.106. The maximum atomic E-state index is 5.89. The van der Waals surface area contributed by atoms with Gasteiger partial charge < -0.3 is 9.47 Å². The minimum absolute atomic E-state index is 0.291. The van der Waals surface area contributed by atoms with Gasteiger partial charge >= 0.3 is 0 Å². The molecule has 0 aromatic carbocycles. The van der Waals surface area contributed by atoms with Crippen molar-refractivity contribution < 1.29 is 9.47 Å². The van der Waals surface area contributed by atoms with Gasteiger partial charge in [-0.25, -0.2) is 0 Å². The molecule has 1 fully saturated rings. The topological polar surface area (TPSA) is 31.4 Å². The van der Waals surface area contributed by atoms with Crippen molar-refractivity contribution in [3.63, 3.8) is 0 Å². The first-order valence-electron chi connectivity index (χ1n) is 6.01. The van der Waals surface area contributed by atoms with Gasteiger partial charge in [-0.3, -0.25) is 4.98 Å². The van der Waals surface area contributed by atoms with Crippen LogP contribution in [0.4, 0.5) is 0 Å². The predicted molar refractivity (Wildman–Crippen MR) is 69.8 cm³/mol. The molecule has 1 aliphatic heterocycles. The van der Waals surface area contributed by atoms with Gasteiger partial charge in [0, 0.05) is 10.7 Å². The predicted octanol–water partition coefficient (Wildman–Crippen LogP) is 3.32. The van der Waals surface area contributed by atoms with E-state index in [0.717, 1.165) is 23.0 Å². The van der Waals surface area contributed by atoms with Crippen LogP contribution in [0, 0.1) is 0 Å². The van der Waals surface area contributed by atoms with Crippen LogP contribution in [0.1, 0.15) is 32.4 Å². The molecule has 0 aliphatic carbocycles. The molecule has 2 heterocycles. The van der Waals surface area contributed by atoms with Gasteiger partial charge in [-0.15, -0.1) is 0 Å². The highest BCUT2D eigenvalue weighted by molar-refractivity contribution is 9.10. The Bertz CT molecular complexity index is 345. The first-order chi connectivity index (χ1) is 8.13. The average Bonchev–Trinajstić information content (AvgIpc) is 2.27. The third kappa shape index (κ3) is 4.05. The fraction of sp³-hybridized carbons (Fsp3) is 0.615. The Balaban J connectivity index is 1.83. The van der Waals surface area contributed by atoms with Crippen LogP contribution in [0.5, 0.6) is 0 Å². The quantitative estimate of drug-likeness (QED) is 0.858. The molecule has 0 bridgehead atoms. The number of halogens is 1. The Morgan fingerprint density at radius 1 is 1.35 bits per heavy atom. The Morgan fingerprint density at radius 3 is 2.65 bits per heavy atom. The smallest absolute Gasteiger partial charge is 0.0891 e. The number of nitrogens with zero attached hydrogens (tertiary/aromatic N) is 1. The van der Waals surface area contributed by atoms with Crippen LogP contribution < -0.4 is 0 Å². The van der Waals surface area contributed by atoms with Gasteiger partial charge in [-0.05, 0) is 54.8 Å². The van der Waals surface area contributed by atoms with Crippen LogP contribution in [0.25, 0.3) is 0 Å². The molecular formula is C13H18BrNO2. The summed E-state index contributed by atoms with van der Waals surface area (Å²) in [5.41, 5.74) is 0.972. The molecule has 2 rings (SSSR count). The zero-order valence-corrected chi connectivity index (χ0v) is 11.8.